The van der Waals surface area contributed by atoms with E-state index in [0.717, 1.165) is 12.8 Å². The van der Waals surface area contributed by atoms with Gasteiger partial charge in [0, 0.05) is 37.7 Å². The Kier molecular flexibility index (Phi) is 5.44. The molecular weight excluding hydrogens is 372 g/mol. The molecule has 0 spiro atoms. The van der Waals surface area contributed by atoms with Crippen molar-refractivity contribution < 1.29 is 13.9 Å². The SMILES string of the molecule is CCC(NC(=O)c1c(C)cc(C2CCOCC2)oc1=O)c1cn2cccnc2n1. The number of imidazole rings is 1. The molecule has 1 fully saturated rings. The minimum atomic E-state index is -0.601. The largest absolute Gasteiger partial charge is 0.427 e. The minimum Gasteiger partial charge on any atom is -0.427 e. The average molecular weight is 396 g/mol. The highest BCUT2D eigenvalue weighted by Crippen LogP contribution is 2.27. The molecule has 152 valence electrons. The lowest BCUT2D eigenvalue weighted by Gasteiger charge is -2.21. The van der Waals surface area contributed by atoms with Crippen LogP contribution in [0.2, 0.25) is 0 Å². The van der Waals surface area contributed by atoms with Crippen molar-refractivity contribution in [2.45, 2.75) is 45.1 Å². The molecular formula is C21H24N4O4. The lowest BCUT2D eigenvalue weighted by atomic mass is 9.95. The van der Waals surface area contributed by atoms with Crippen LogP contribution < -0.4 is 10.9 Å². The first-order valence-electron chi connectivity index (χ1n) is 9.89. The van der Waals surface area contributed by atoms with Crippen LogP contribution in [0.4, 0.5) is 0 Å². The van der Waals surface area contributed by atoms with Crippen LogP contribution in [-0.4, -0.2) is 33.5 Å². The quantitative estimate of drug-likeness (QED) is 0.712. The highest BCUT2D eigenvalue weighted by atomic mass is 16.5. The second-order valence-corrected chi connectivity index (χ2v) is 7.31. The van der Waals surface area contributed by atoms with E-state index in [0.29, 0.717) is 42.4 Å². The van der Waals surface area contributed by atoms with Gasteiger partial charge in [0.2, 0.25) is 5.78 Å². The Balaban J connectivity index is 1.57. The Bertz CT molecular complexity index is 1050. The van der Waals surface area contributed by atoms with Crippen molar-refractivity contribution in [3.05, 3.63) is 63.7 Å². The molecule has 1 N–H and O–H groups in total. The maximum atomic E-state index is 12.9. The van der Waals surface area contributed by atoms with E-state index in [9.17, 15) is 9.59 Å². The Labute approximate surface area is 167 Å². The van der Waals surface area contributed by atoms with E-state index in [1.807, 2.05) is 31.5 Å². The molecule has 1 atom stereocenters. The van der Waals surface area contributed by atoms with Crippen molar-refractivity contribution in [2.75, 3.05) is 13.2 Å². The predicted molar refractivity (Wildman–Crippen MR) is 106 cm³/mol. The summed E-state index contributed by atoms with van der Waals surface area (Å²) >= 11 is 0. The zero-order valence-corrected chi connectivity index (χ0v) is 16.6. The van der Waals surface area contributed by atoms with Crippen LogP contribution in [0.25, 0.3) is 5.78 Å². The fourth-order valence-corrected chi connectivity index (χ4v) is 3.72. The van der Waals surface area contributed by atoms with Crippen molar-refractivity contribution in [1.82, 2.24) is 19.7 Å². The standard InChI is InChI=1S/C21H24N4O4/c1-3-15(16-12-25-8-4-7-22-21(25)24-16)23-19(26)18-13(2)11-17(29-20(18)27)14-5-9-28-10-6-14/h4,7-8,11-12,14-15H,3,5-6,9-10H2,1-2H3,(H,23,26). The molecule has 4 rings (SSSR count). The number of fused-ring (bicyclic) bond motifs is 1. The summed E-state index contributed by atoms with van der Waals surface area (Å²) in [5.41, 5.74) is 0.754. The van der Waals surface area contributed by atoms with Crippen molar-refractivity contribution in [3.63, 3.8) is 0 Å². The van der Waals surface area contributed by atoms with Gasteiger partial charge in [-0.2, -0.15) is 0 Å². The van der Waals surface area contributed by atoms with Gasteiger partial charge in [-0.05, 0) is 43.9 Å². The van der Waals surface area contributed by atoms with Crippen LogP contribution in [0.15, 0.2) is 39.9 Å². The molecule has 1 aliphatic rings. The third-order valence-corrected chi connectivity index (χ3v) is 5.34. The summed E-state index contributed by atoms with van der Waals surface area (Å²) in [6, 6.07) is 3.28. The highest BCUT2D eigenvalue weighted by Gasteiger charge is 2.25. The molecule has 3 aromatic heterocycles. The lowest BCUT2D eigenvalue weighted by molar-refractivity contribution is 0.0795. The first kappa shape index (κ1) is 19.3. The summed E-state index contributed by atoms with van der Waals surface area (Å²) in [7, 11) is 0. The molecule has 3 aromatic rings. The summed E-state index contributed by atoms with van der Waals surface area (Å²) in [5.74, 6) is 0.894. The molecule has 0 bridgehead atoms. The smallest absolute Gasteiger partial charge is 0.349 e. The topological polar surface area (TPSA) is 98.7 Å². The molecule has 8 nitrogen and oxygen atoms in total. The van der Waals surface area contributed by atoms with Crippen molar-refractivity contribution >= 4 is 11.7 Å². The zero-order chi connectivity index (χ0) is 20.4. The fraction of sp³-hybridized carbons (Fsp3) is 0.429. The molecule has 1 aliphatic heterocycles. The molecule has 4 heterocycles. The monoisotopic (exact) mass is 396 g/mol. The Hall–Kier alpha value is -3.00. The molecule has 8 heteroatoms. The first-order valence-corrected chi connectivity index (χ1v) is 9.89. The van der Waals surface area contributed by atoms with Crippen LogP contribution in [-0.2, 0) is 4.74 Å². The van der Waals surface area contributed by atoms with E-state index < -0.39 is 11.5 Å². The minimum absolute atomic E-state index is 0.0427. The van der Waals surface area contributed by atoms with Crippen LogP contribution >= 0.6 is 0 Å². The summed E-state index contributed by atoms with van der Waals surface area (Å²) in [5, 5.41) is 2.92. The second-order valence-electron chi connectivity index (χ2n) is 7.31. The summed E-state index contributed by atoms with van der Waals surface area (Å²) in [6.07, 6.45) is 7.60. The molecule has 0 saturated carbocycles. The van der Waals surface area contributed by atoms with Gasteiger partial charge in [-0.3, -0.25) is 9.20 Å². The zero-order valence-electron chi connectivity index (χ0n) is 16.6. The molecule has 1 saturated heterocycles. The molecule has 29 heavy (non-hydrogen) atoms. The van der Waals surface area contributed by atoms with Gasteiger partial charge in [0.25, 0.3) is 5.91 Å². The van der Waals surface area contributed by atoms with Gasteiger partial charge in [0.15, 0.2) is 0 Å². The number of nitrogens with zero attached hydrogens (tertiary/aromatic N) is 3. The van der Waals surface area contributed by atoms with E-state index in [2.05, 4.69) is 15.3 Å². The van der Waals surface area contributed by atoms with Gasteiger partial charge in [0.05, 0.1) is 11.7 Å². The van der Waals surface area contributed by atoms with Gasteiger partial charge in [-0.1, -0.05) is 6.92 Å². The van der Waals surface area contributed by atoms with Crippen LogP contribution in [0.1, 0.15) is 65.5 Å². The maximum Gasteiger partial charge on any atom is 0.349 e. The Morgan fingerprint density at radius 1 is 1.38 bits per heavy atom. The first-order chi connectivity index (χ1) is 14.1. The fourth-order valence-electron chi connectivity index (χ4n) is 3.72. The lowest BCUT2D eigenvalue weighted by Crippen LogP contribution is -2.33. The number of nitrogens with one attached hydrogen (secondary N) is 1. The number of aromatic nitrogens is 3. The summed E-state index contributed by atoms with van der Waals surface area (Å²) in [6.45, 7) is 5.03. The van der Waals surface area contributed by atoms with E-state index in [1.165, 1.54) is 0 Å². The number of aryl methyl sites for hydroxylation is 1. The number of ether oxygens (including phenoxy) is 1. The van der Waals surface area contributed by atoms with Gasteiger partial charge in [-0.25, -0.2) is 14.8 Å². The van der Waals surface area contributed by atoms with Gasteiger partial charge in [-0.15, -0.1) is 0 Å². The summed E-state index contributed by atoms with van der Waals surface area (Å²) < 4.78 is 12.7. The molecule has 1 amide bonds. The van der Waals surface area contributed by atoms with Crippen molar-refractivity contribution in [1.29, 1.82) is 0 Å². The molecule has 0 aromatic carbocycles. The van der Waals surface area contributed by atoms with Crippen molar-refractivity contribution in [2.24, 2.45) is 0 Å². The Morgan fingerprint density at radius 2 is 2.17 bits per heavy atom. The van der Waals surface area contributed by atoms with Crippen LogP contribution in [0.3, 0.4) is 0 Å². The third-order valence-electron chi connectivity index (χ3n) is 5.34. The third kappa shape index (κ3) is 3.93. The van der Waals surface area contributed by atoms with Crippen molar-refractivity contribution in [3.8, 4) is 0 Å². The molecule has 0 radical (unpaired) electrons. The van der Waals surface area contributed by atoms with E-state index in [4.69, 9.17) is 9.15 Å². The number of amides is 1. The van der Waals surface area contributed by atoms with Crippen LogP contribution in [0, 0.1) is 6.92 Å². The second kappa shape index (κ2) is 8.16. The number of hydrogen-bond acceptors (Lipinski definition) is 6. The maximum absolute atomic E-state index is 12.9. The normalized spacial score (nSPS) is 16.1. The number of hydrogen-bond donors (Lipinski definition) is 1. The van der Waals surface area contributed by atoms with Gasteiger partial charge < -0.3 is 14.5 Å². The van der Waals surface area contributed by atoms with Gasteiger partial charge in [0.1, 0.15) is 11.3 Å². The van der Waals surface area contributed by atoms with E-state index in [1.54, 1.807) is 17.5 Å². The number of rotatable bonds is 5. The van der Waals surface area contributed by atoms with E-state index in [-0.39, 0.29) is 17.5 Å². The average Bonchev–Trinajstić information content (AvgIpc) is 3.16. The Morgan fingerprint density at radius 3 is 2.86 bits per heavy atom. The van der Waals surface area contributed by atoms with Gasteiger partial charge >= 0.3 is 5.63 Å². The molecule has 0 aliphatic carbocycles. The molecule has 1 unspecified atom stereocenters. The van der Waals surface area contributed by atoms with E-state index >= 15 is 0 Å². The number of carbonyl (C=O) groups excluding carboxylic acids is 1. The number of carbonyl (C=O) groups is 1. The predicted octanol–water partition coefficient (Wildman–Crippen LogP) is 2.77. The highest BCUT2D eigenvalue weighted by molar-refractivity contribution is 5.95. The summed E-state index contributed by atoms with van der Waals surface area (Å²) in [4.78, 5) is 34.2. The van der Waals surface area contributed by atoms with Crippen LogP contribution in [0.5, 0.6) is 0 Å².